The molecule has 6 aromatic rings. The molecule has 0 fully saturated rings. The number of fused-ring (bicyclic) bond motifs is 5. The van der Waals surface area contributed by atoms with Crippen LogP contribution in [-0.2, 0) is 0 Å². The summed E-state index contributed by atoms with van der Waals surface area (Å²) in [7, 11) is 0. The van der Waals surface area contributed by atoms with Gasteiger partial charge in [-0.25, -0.2) is 0 Å². The van der Waals surface area contributed by atoms with Gasteiger partial charge in [0.15, 0.2) is 0 Å². The molecule has 2 unspecified atom stereocenters. The van der Waals surface area contributed by atoms with Gasteiger partial charge in [-0.1, -0.05) is 127 Å². The van der Waals surface area contributed by atoms with Gasteiger partial charge in [0.2, 0.25) is 0 Å². The Labute approximate surface area is 246 Å². The van der Waals surface area contributed by atoms with Crippen LogP contribution in [0, 0.1) is 0 Å². The Morgan fingerprint density at radius 1 is 0.500 bits per heavy atom. The van der Waals surface area contributed by atoms with Crippen molar-refractivity contribution in [1.82, 2.24) is 0 Å². The molecule has 0 spiro atoms. The Kier molecular flexibility index (Phi) is 5.97. The molecule has 0 amide bonds. The first-order valence-electron chi connectivity index (χ1n) is 14.5. The molecule has 0 saturated carbocycles. The van der Waals surface area contributed by atoms with E-state index in [1.54, 1.807) is 0 Å². The van der Waals surface area contributed by atoms with Gasteiger partial charge < -0.3 is 9.64 Å². The van der Waals surface area contributed by atoms with Gasteiger partial charge in [-0.15, -0.1) is 0 Å². The van der Waals surface area contributed by atoms with E-state index in [-0.39, 0.29) is 12.0 Å². The Hall–Kier alpha value is -5.34. The van der Waals surface area contributed by atoms with Crippen LogP contribution in [0.5, 0.6) is 5.75 Å². The molecular weight excluding hydrogens is 510 g/mol. The van der Waals surface area contributed by atoms with E-state index in [0.29, 0.717) is 0 Å². The van der Waals surface area contributed by atoms with E-state index in [2.05, 4.69) is 169 Å². The van der Waals surface area contributed by atoms with Crippen molar-refractivity contribution in [2.24, 2.45) is 0 Å². The molecule has 0 N–H and O–H groups in total. The lowest BCUT2D eigenvalue weighted by Crippen LogP contribution is -2.15. The fraction of sp³-hybridized carbons (Fsp3) is 0.0500. The highest BCUT2D eigenvalue weighted by molar-refractivity contribution is 6.04. The van der Waals surface area contributed by atoms with Crippen LogP contribution in [0.25, 0.3) is 33.0 Å². The van der Waals surface area contributed by atoms with E-state index in [1.165, 1.54) is 33.2 Å². The molecule has 0 saturated heterocycles. The summed E-state index contributed by atoms with van der Waals surface area (Å²) in [5.74, 6) is 1.22. The van der Waals surface area contributed by atoms with E-state index in [4.69, 9.17) is 4.74 Å². The molecule has 1 heterocycles. The summed E-state index contributed by atoms with van der Waals surface area (Å²) < 4.78 is 6.69. The normalized spacial score (nSPS) is 16.6. The lowest BCUT2D eigenvalue weighted by molar-refractivity contribution is 0.271. The van der Waals surface area contributed by atoms with Crippen molar-refractivity contribution < 1.29 is 4.74 Å². The van der Waals surface area contributed by atoms with Crippen LogP contribution in [0.1, 0.15) is 11.5 Å². The van der Waals surface area contributed by atoms with E-state index in [0.717, 1.165) is 28.2 Å². The van der Waals surface area contributed by atoms with Crippen LogP contribution in [0.2, 0.25) is 0 Å². The van der Waals surface area contributed by atoms with Gasteiger partial charge in [-0.2, -0.15) is 0 Å². The molecule has 0 bridgehead atoms. The van der Waals surface area contributed by atoms with Gasteiger partial charge in [0.05, 0.1) is 5.69 Å². The maximum Gasteiger partial charge on any atom is 0.134 e. The van der Waals surface area contributed by atoms with Crippen LogP contribution in [0.4, 0.5) is 17.1 Å². The monoisotopic (exact) mass is 539 g/mol. The zero-order chi connectivity index (χ0) is 27.9. The van der Waals surface area contributed by atoms with Crippen molar-refractivity contribution in [3.05, 3.63) is 169 Å². The van der Waals surface area contributed by atoms with Crippen molar-refractivity contribution >= 4 is 27.8 Å². The molecule has 42 heavy (non-hydrogen) atoms. The van der Waals surface area contributed by atoms with Gasteiger partial charge in [-0.3, -0.25) is 0 Å². The highest BCUT2D eigenvalue weighted by Crippen LogP contribution is 2.50. The summed E-state index contributed by atoms with van der Waals surface area (Å²) in [6.07, 6.45) is 8.68. The molecule has 8 rings (SSSR count). The summed E-state index contributed by atoms with van der Waals surface area (Å²) >= 11 is 0. The molecule has 0 radical (unpaired) electrons. The SMILES string of the molecule is C1=CC2Oc3c(ccc4cccc(N(c5ccc(-c6ccccc6)cc5)c5cccc(-c6ccccc6)c5)c34)C2C=C1. The van der Waals surface area contributed by atoms with Crippen molar-refractivity contribution in [3.8, 4) is 28.0 Å². The summed E-state index contributed by atoms with van der Waals surface area (Å²) in [5, 5.41) is 2.31. The zero-order valence-electron chi connectivity index (χ0n) is 23.1. The molecule has 200 valence electrons. The van der Waals surface area contributed by atoms with Gasteiger partial charge >= 0.3 is 0 Å². The maximum absolute atomic E-state index is 6.69. The lowest BCUT2D eigenvalue weighted by Gasteiger charge is -2.28. The van der Waals surface area contributed by atoms with E-state index >= 15 is 0 Å². The largest absolute Gasteiger partial charge is 0.484 e. The minimum absolute atomic E-state index is 0.0312. The molecule has 1 aliphatic carbocycles. The van der Waals surface area contributed by atoms with Gasteiger partial charge in [0.25, 0.3) is 0 Å². The standard InChI is InChI=1S/C40H29NO/c1-3-11-28(12-4-1)30-21-24-33(25-22-30)41(34-17-9-16-32(27-34)29-13-5-2-6-14-29)37-19-10-15-31-23-26-36-35-18-7-8-20-38(35)42-40(36)39(31)37/h1-27,35,38H. The van der Waals surface area contributed by atoms with Crippen molar-refractivity contribution in [2.45, 2.75) is 12.0 Å². The number of rotatable bonds is 5. The number of allylic oxidation sites excluding steroid dienone is 2. The number of hydrogen-bond donors (Lipinski definition) is 0. The molecule has 2 aliphatic rings. The Morgan fingerprint density at radius 3 is 1.95 bits per heavy atom. The van der Waals surface area contributed by atoms with Crippen LogP contribution in [0.3, 0.4) is 0 Å². The second kappa shape index (κ2) is 10.2. The maximum atomic E-state index is 6.69. The van der Waals surface area contributed by atoms with Crippen molar-refractivity contribution in [3.63, 3.8) is 0 Å². The minimum Gasteiger partial charge on any atom is -0.484 e. The minimum atomic E-state index is 0.0312. The number of hydrogen-bond acceptors (Lipinski definition) is 2. The average molecular weight is 540 g/mol. The summed E-state index contributed by atoms with van der Waals surface area (Å²) in [6, 6.07) is 49.9. The molecule has 2 atom stereocenters. The average Bonchev–Trinajstić information content (AvgIpc) is 3.45. The van der Waals surface area contributed by atoms with Crippen LogP contribution >= 0.6 is 0 Å². The second-order valence-electron chi connectivity index (χ2n) is 10.9. The predicted octanol–water partition coefficient (Wildman–Crippen LogP) is 10.6. The zero-order valence-corrected chi connectivity index (χ0v) is 23.1. The van der Waals surface area contributed by atoms with Crippen LogP contribution < -0.4 is 9.64 Å². The molecule has 0 aromatic heterocycles. The number of anilines is 3. The van der Waals surface area contributed by atoms with Crippen LogP contribution in [0.15, 0.2) is 164 Å². The topological polar surface area (TPSA) is 12.5 Å². The van der Waals surface area contributed by atoms with E-state index in [9.17, 15) is 0 Å². The lowest BCUT2D eigenvalue weighted by atomic mass is 9.90. The smallest absolute Gasteiger partial charge is 0.134 e. The van der Waals surface area contributed by atoms with Gasteiger partial charge in [0, 0.05) is 28.2 Å². The molecule has 2 nitrogen and oxygen atoms in total. The fourth-order valence-corrected chi connectivity index (χ4v) is 6.35. The quantitative estimate of drug-likeness (QED) is 0.216. The van der Waals surface area contributed by atoms with E-state index < -0.39 is 0 Å². The highest BCUT2D eigenvalue weighted by Gasteiger charge is 2.34. The third kappa shape index (κ3) is 4.20. The highest BCUT2D eigenvalue weighted by atomic mass is 16.5. The molecule has 2 heteroatoms. The summed E-state index contributed by atoms with van der Waals surface area (Å²) in [4.78, 5) is 2.38. The first kappa shape index (κ1) is 24.5. The Balaban J connectivity index is 1.33. The molecular formula is C40H29NO. The third-order valence-corrected chi connectivity index (χ3v) is 8.39. The Morgan fingerprint density at radius 2 is 1.17 bits per heavy atom. The molecule has 1 aliphatic heterocycles. The van der Waals surface area contributed by atoms with E-state index in [1.807, 2.05) is 0 Å². The second-order valence-corrected chi connectivity index (χ2v) is 10.9. The van der Waals surface area contributed by atoms with Crippen LogP contribution in [-0.4, -0.2) is 6.10 Å². The summed E-state index contributed by atoms with van der Waals surface area (Å²) in [6.45, 7) is 0. The third-order valence-electron chi connectivity index (χ3n) is 8.39. The number of benzene rings is 6. The first-order chi connectivity index (χ1) is 20.8. The van der Waals surface area contributed by atoms with Gasteiger partial charge in [-0.05, 0) is 64.0 Å². The van der Waals surface area contributed by atoms with Crippen molar-refractivity contribution in [1.29, 1.82) is 0 Å². The fourth-order valence-electron chi connectivity index (χ4n) is 6.35. The molecule has 6 aromatic carbocycles. The summed E-state index contributed by atoms with van der Waals surface area (Å²) in [5.41, 5.74) is 9.34. The predicted molar refractivity (Wildman–Crippen MR) is 175 cm³/mol. The van der Waals surface area contributed by atoms with Crippen molar-refractivity contribution in [2.75, 3.05) is 4.90 Å². The first-order valence-corrected chi connectivity index (χ1v) is 14.5. The number of nitrogens with zero attached hydrogens (tertiary/aromatic N) is 1. The van der Waals surface area contributed by atoms with Gasteiger partial charge in [0.1, 0.15) is 11.9 Å². The Bertz CT molecular complexity index is 1960. The number of ether oxygens (including phenoxy) is 1.